The molecule has 0 heterocycles. The monoisotopic (exact) mass is 342 g/mol. The van der Waals surface area contributed by atoms with Crippen molar-refractivity contribution in [2.45, 2.75) is 13.8 Å². The highest BCUT2D eigenvalue weighted by Gasteiger charge is 2.28. The molecule has 25 heavy (non-hydrogen) atoms. The molecule has 0 fully saturated rings. The van der Waals surface area contributed by atoms with Crippen LogP contribution in [-0.4, -0.2) is 30.6 Å². The van der Waals surface area contributed by atoms with Gasteiger partial charge in [-0.05, 0) is 50.2 Å². The lowest BCUT2D eigenvalue weighted by Gasteiger charge is -2.20. The summed E-state index contributed by atoms with van der Waals surface area (Å²) in [5.41, 5.74) is 0.860. The lowest BCUT2D eigenvalue weighted by Crippen LogP contribution is -2.39. The Morgan fingerprint density at radius 2 is 1.72 bits per heavy atom. The zero-order valence-corrected chi connectivity index (χ0v) is 14.5. The number of para-hydroxylation sites is 1. The molecule has 0 atom stereocenters. The molecule has 1 amide bonds. The number of nitrogens with one attached hydrogen (secondary N) is 2. The van der Waals surface area contributed by atoms with E-state index in [9.17, 15) is 9.59 Å². The summed E-state index contributed by atoms with van der Waals surface area (Å²) in [4.78, 5) is 23.6. The van der Waals surface area contributed by atoms with Gasteiger partial charge in [0.05, 0.1) is 23.8 Å². The van der Waals surface area contributed by atoms with Gasteiger partial charge in [-0.2, -0.15) is 0 Å². The standard InChI is InChI=1S/C19H22N2O4/c1-19(2,18(23)24)12-20-17(22)15-6-4-5-7-16(15)21-13-8-10-14(25-3)11-9-13/h4-11,21H,12H2,1-3H3,(H,20,22)(H,23,24). The number of amides is 1. The number of methoxy groups -OCH3 is 1. The summed E-state index contributed by atoms with van der Waals surface area (Å²) in [5, 5.41) is 15.0. The van der Waals surface area contributed by atoms with Gasteiger partial charge >= 0.3 is 5.97 Å². The summed E-state index contributed by atoms with van der Waals surface area (Å²) in [7, 11) is 1.60. The number of ether oxygens (including phenoxy) is 1. The Kier molecular flexibility index (Phi) is 5.64. The van der Waals surface area contributed by atoms with Crippen molar-refractivity contribution in [3.63, 3.8) is 0 Å². The molecule has 0 spiro atoms. The number of carbonyl (C=O) groups excluding carboxylic acids is 1. The summed E-state index contributed by atoms with van der Waals surface area (Å²) in [6, 6.07) is 14.4. The van der Waals surface area contributed by atoms with E-state index in [2.05, 4.69) is 10.6 Å². The van der Waals surface area contributed by atoms with Crippen molar-refractivity contribution in [2.24, 2.45) is 5.41 Å². The normalized spacial score (nSPS) is 10.8. The number of hydrogen-bond acceptors (Lipinski definition) is 4. The lowest BCUT2D eigenvalue weighted by atomic mass is 9.94. The van der Waals surface area contributed by atoms with Gasteiger partial charge in [-0.15, -0.1) is 0 Å². The van der Waals surface area contributed by atoms with Crippen molar-refractivity contribution in [2.75, 3.05) is 19.0 Å². The first-order chi connectivity index (χ1) is 11.8. The van der Waals surface area contributed by atoms with Crippen molar-refractivity contribution in [3.05, 3.63) is 54.1 Å². The zero-order valence-electron chi connectivity index (χ0n) is 14.5. The fourth-order valence-electron chi connectivity index (χ4n) is 2.09. The number of carboxylic acid groups (broad SMARTS) is 1. The topological polar surface area (TPSA) is 87.7 Å². The van der Waals surface area contributed by atoms with Crippen molar-refractivity contribution < 1.29 is 19.4 Å². The number of aliphatic carboxylic acids is 1. The summed E-state index contributed by atoms with van der Waals surface area (Å²) in [6.07, 6.45) is 0. The summed E-state index contributed by atoms with van der Waals surface area (Å²) in [5.74, 6) is -0.546. The molecule has 2 aromatic rings. The van der Waals surface area contributed by atoms with E-state index in [1.165, 1.54) is 0 Å². The largest absolute Gasteiger partial charge is 0.497 e. The summed E-state index contributed by atoms with van der Waals surface area (Å²) >= 11 is 0. The fourth-order valence-corrected chi connectivity index (χ4v) is 2.09. The maximum atomic E-state index is 12.5. The van der Waals surface area contributed by atoms with Crippen LogP contribution in [-0.2, 0) is 4.79 Å². The lowest BCUT2D eigenvalue weighted by molar-refractivity contribution is -0.146. The molecule has 0 aromatic heterocycles. The zero-order chi connectivity index (χ0) is 18.4. The van der Waals surface area contributed by atoms with Crippen molar-refractivity contribution >= 4 is 23.3 Å². The van der Waals surface area contributed by atoms with Gasteiger partial charge in [0.15, 0.2) is 0 Å². The number of carbonyl (C=O) groups is 2. The number of benzene rings is 2. The van der Waals surface area contributed by atoms with E-state index in [1.807, 2.05) is 30.3 Å². The number of anilines is 2. The second kappa shape index (κ2) is 7.70. The van der Waals surface area contributed by atoms with E-state index in [-0.39, 0.29) is 12.5 Å². The van der Waals surface area contributed by atoms with E-state index in [1.54, 1.807) is 39.2 Å². The van der Waals surface area contributed by atoms with Gasteiger partial charge in [-0.1, -0.05) is 12.1 Å². The first-order valence-electron chi connectivity index (χ1n) is 7.85. The minimum Gasteiger partial charge on any atom is -0.497 e. The van der Waals surface area contributed by atoms with Crippen LogP contribution in [0.25, 0.3) is 0 Å². The van der Waals surface area contributed by atoms with Crippen LogP contribution in [0, 0.1) is 5.41 Å². The molecule has 6 heteroatoms. The van der Waals surface area contributed by atoms with E-state index in [0.717, 1.165) is 11.4 Å². The maximum absolute atomic E-state index is 12.5. The molecule has 132 valence electrons. The quantitative estimate of drug-likeness (QED) is 0.719. The van der Waals surface area contributed by atoms with Crippen LogP contribution in [0.2, 0.25) is 0 Å². The van der Waals surface area contributed by atoms with Crippen LogP contribution >= 0.6 is 0 Å². The van der Waals surface area contributed by atoms with E-state index < -0.39 is 11.4 Å². The second-order valence-electron chi connectivity index (χ2n) is 6.27. The molecule has 0 unspecified atom stereocenters. The number of rotatable bonds is 7. The van der Waals surface area contributed by atoms with E-state index in [0.29, 0.717) is 11.3 Å². The second-order valence-corrected chi connectivity index (χ2v) is 6.27. The third-order valence-corrected chi connectivity index (χ3v) is 3.81. The van der Waals surface area contributed by atoms with Gasteiger partial charge in [0.25, 0.3) is 5.91 Å². The Morgan fingerprint density at radius 1 is 1.08 bits per heavy atom. The minimum atomic E-state index is -1.03. The van der Waals surface area contributed by atoms with Gasteiger partial charge in [-0.3, -0.25) is 9.59 Å². The Balaban J connectivity index is 2.13. The molecule has 0 saturated heterocycles. The Hall–Kier alpha value is -3.02. The van der Waals surface area contributed by atoms with Crippen molar-refractivity contribution in [1.82, 2.24) is 5.32 Å². The number of hydrogen-bond donors (Lipinski definition) is 3. The highest BCUT2D eigenvalue weighted by molar-refractivity contribution is 6.00. The molecule has 2 aromatic carbocycles. The highest BCUT2D eigenvalue weighted by Crippen LogP contribution is 2.23. The van der Waals surface area contributed by atoms with E-state index in [4.69, 9.17) is 9.84 Å². The molecule has 2 rings (SSSR count). The third-order valence-electron chi connectivity index (χ3n) is 3.81. The third kappa shape index (κ3) is 4.73. The molecular formula is C19H22N2O4. The van der Waals surface area contributed by atoms with Crippen LogP contribution in [0.4, 0.5) is 11.4 Å². The predicted molar refractivity (Wildman–Crippen MR) is 96.5 cm³/mol. The summed E-state index contributed by atoms with van der Waals surface area (Å²) < 4.78 is 5.12. The Bertz CT molecular complexity index is 754. The molecule has 6 nitrogen and oxygen atoms in total. The summed E-state index contributed by atoms with van der Waals surface area (Å²) in [6.45, 7) is 3.17. The SMILES string of the molecule is COc1ccc(Nc2ccccc2C(=O)NCC(C)(C)C(=O)O)cc1. The minimum absolute atomic E-state index is 0.0397. The molecule has 0 aliphatic heterocycles. The van der Waals surface area contributed by atoms with Gasteiger partial charge in [0.2, 0.25) is 0 Å². The van der Waals surface area contributed by atoms with Crippen LogP contribution in [0.3, 0.4) is 0 Å². The molecule has 0 bridgehead atoms. The molecule has 3 N–H and O–H groups in total. The van der Waals surface area contributed by atoms with Crippen LogP contribution in [0.1, 0.15) is 24.2 Å². The van der Waals surface area contributed by atoms with Gasteiger partial charge in [0, 0.05) is 12.2 Å². The van der Waals surface area contributed by atoms with Crippen LogP contribution in [0.15, 0.2) is 48.5 Å². The predicted octanol–water partition coefficient (Wildman–Crippen LogP) is 3.28. The fraction of sp³-hybridized carbons (Fsp3) is 0.263. The average Bonchev–Trinajstić information content (AvgIpc) is 2.61. The molecule has 0 saturated carbocycles. The molecule has 0 radical (unpaired) electrons. The first kappa shape index (κ1) is 18.3. The smallest absolute Gasteiger partial charge is 0.310 e. The highest BCUT2D eigenvalue weighted by atomic mass is 16.5. The Morgan fingerprint density at radius 3 is 2.32 bits per heavy atom. The van der Waals surface area contributed by atoms with E-state index >= 15 is 0 Å². The Labute approximate surface area is 146 Å². The first-order valence-corrected chi connectivity index (χ1v) is 7.85. The van der Waals surface area contributed by atoms with Gasteiger partial charge in [0.1, 0.15) is 5.75 Å². The van der Waals surface area contributed by atoms with Crippen molar-refractivity contribution in [1.29, 1.82) is 0 Å². The molecule has 0 aliphatic rings. The van der Waals surface area contributed by atoms with Crippen LogP contribution in [0.5, 0.6) is 5.75 Å². The maximum Gasteiger partial charge on any atom is 0.310 e. The number of carboxylic acids is 1. The molecular weight excluding hydrogens is 320 g/mol. The molecule has 0 aliphatic carbocycles. The van der Waals surface area contributed by atoms with Crippen LogP contribution < -0.4 is 15.4 Å². The van der Waals surface area contributed by atoms with Crippen molar-refractivity contribution in [3.8, 4) is 5.75 Å². The average molecular weight is 342 g/mol. The van der Waals surface area contributed by atoms with Gasteiger partial charge in [-0.25, -0.2) is 0 Å². The van der Waals surface area contributed by atoms with Gasteiger partial charge < -0.3 is 20.5 Å².